The van der Waals surface area contributed by atoms with Crippen molar-refractivity contribution >= 4 is 5.78 Å². The summed E-state index contributed by atoms with van der Waals surface area (Å²) in [6.45, 7) is 3.86. The fourth-order valence-corrected chi connectivity index (χ4v) is 1.57. The maximum absolute atomic E-state index is 11.8. The molecule has 0 atom stereocenters. The van der Waals surface area contributed by atoms with Crippen LogP contribution in [0.15, 0.2) is 6.07 Å². The Morgan fingerprint density at radius 3 is 2.56 bits per heavy atom. The normalized spacial score (nSPS) is 10.2. The molecule has 0 aliphatic carbocycles. The average Bonchev–Trinajstić information content (AvgIpc) is 2.27. The van der Waals surface area contributed by atoms with Crippen LogP contribution in [-0.2, 0) is 0 Å². The zero-order valence-corrected chi connectivity index (χ0v) is 10.0. The maximum Gasteiger partial charge on any atom is 0.177 e. The SMILES string of the molecule is CNCC(=O)c1cc(OC)c(O)c(C)c1C. The molecule has 1 rings (SSSR count). The van der Waals surface area contributed by atoms with Crippen molar-refractivity contribution in [1.29, 1.82) is 0 Å². The zero-order valence-electron chi connectivity index (χ0n) is 10.0. The molecule has 0 amide bonds. The maximum atomic E-state index is 11.8. The Morgan fingerprint density at radius 2 is 2.06 bits per heavy atom. The third kappa shape index (κ3) is 2.17. The number of benzene rings is 1. The van der Waals surface area contributed by atoms with Crippen molar-refractivity contribution in [2.75, 3.05) is 20.7 Å². The van der Waals surface area contributed by atoms with E-state index in [1.165, 1.54) is 7.11 Å². The van der Waals surface area contributed by atoms with Crippen LogP contribution < -0.4 is 10.1 Å². The van der Waals surface area contributed by atoms with E-state index < -0.39 is 0 Å². The molecule has 0 radical (unpaired) electrons. The fraction of sp³-hybridized carbons (Fsp3) is 0.417. The van der Waals surface area contributed by atoms with Gasteiger partial charge >= 0.3 is 0 Å². The molecule has 2 N–H and O–H groups in total. The highest BCUT2D eigenvalue weighted by Crippen LogP contribution is 2.33. The van der Waals surface area contributed by atoms with Crippen LogP contribution in [0.5, 0.6) is 11.5 Å². The number of nitrogens with one attached hydrogen (secondary N) is 1. The van der Waals surface area contributed by atoms with E-state index in [1.807, 2.05) is 6.92 Å². The second-order valence-corrected chi connectivity index (χ2v) is 3.68. The third-order valence-corrected chi connectivity index (χ3v) is 2.69. The first-order valence-electron chi connectivity index (χ1n) is 5.07. The Morgan fingerprint density at radius 1 is 1.44 bits per heavy atom. The van der Waals surface area contributed by atoms with Gasteiger partial charge in [0, 0.05) is 5.56 Å². The smallest absolute Gasteiger partial charge is 0.177 e. The molecule has 0 bridgehead atoms. The number of hydrogen-bond donors (Lipinski definition) is 2. The Labute approximate surface area is 95.2 Å². The highest BCUT2D eigenvalue weighted by atomic mass is 16.5. The lowest BCUT2D eigenvalue weighted by Crippen LogP contribution is -2.19. The molecule has 88 valence electrons. The third-order valence-electron chi connectivity index (χ3n) is 2.69. The quantitative estimate of drug-likeness (QED) is 0.758. The van der Waals surface area contributed by atoms with Crippen LogP contribution in [0.1, 0.15) is 21.5 Å². The van der Waals surface area contributed by atoms with Crippen LogP contribution in [0, 0.1) is 13.8 Å². The predicted molar refractivity (Wildman–Crippen MR) is 62.4 cm³/mol. The van der Waals surface area contributed by atoms with Crippen molar-refractivity contribution in [1.82, 2.24) is 5.32 Å². The number of rotatable bonds is 4. The van der Waals surface area contributed by atoms with E-state index in [4.69, 9.17) is 4.74 Å². The van der Waals surface area contributed by atoms with Crippen molar-refractivity contribution in [2.45, 2.75) is 13.8 Å². The van der Waals surface area contributed by atoms with Gasteiger partial charge in [0.05, 0.1) is 13.7 Å². The molecule has 4 nitrogen and oxygen atoms in total. The number of ether oxygens (including phenoxy) is 1. The van der Waals surface area contributed by atoms with Crippen LogP contribution in [-0.4, -0.2) is 31.6 Å². The topological polar surface area (TPSA) is 58.6 Å². The van der Waals surface area contributed by atoms with Gasteiger partial charge in [0.2, 0.25) is 0 Å². The van der Waals surface area contributed by atoms with Crippen LogP contribution in [0.25, 0.3) is 0 Å². The summed E-state index contributed by atoms with van der Waals surface area (Å²) >= 11 is 0. The largest absolute Gasteiger partial charge is 0.504 e. The summed E-state index contributed by atoms with van der Waals surface area (Å²) in [5.41, 5.74) is 2.05. The minimum absolute atomic E-state index is 0.0126. The molecule has 0 heterocycles. The first-order chi connectivity index (χ1) is 7.52. The van der Waals surface area contributed by atoms with Gasteiger partial charge in [-0.2, -0.15) is 0 Å². The number of methoxy groups -OCH3 is 1. The number of carbonyl (C=O) groups excluding carboxylic acids is 1. The molecule has 0 fully saturated rings. The van der Waals surface area contributed by atoms with Crippen molar-refractivity contribution in [2.24, 2.45) is 0 Å². The number of hydrogen-bond acceptors (Lipinski definition) is 4. The van der Waals surface area contributed by atoms with Gasteiger partial charge in [-0.05, 0) is 38.1 Å². The van der Waals surface area contributed by atoms with Gasteiger partial charge in [-0.1, -0.05) is 0 Å². The average molecular weight is 223 g/mol. The molecule has 0 saturated heterocycles. The van der Waals surface area contributed by atoms with Gasteiger partial charge < -0.3 is 15.2 Å². The lowest BCUT2D eigenvalue weighted by molar-refractivity contribution is 0.0992. The highest BCUT2D eigenvalue weighted by Gasteiger charge is 2.16. The van der Waals surface area contributed by atoms with Crippen LogP contribution in [0.3, 0.4) is 0 Å². The van der Waals surface area contributed by atoms with Gasteiger partial charge in [0.25, 0.3) is 0 Å². The molecule has 0 spiro atoms. The van der Waals surface area contributed by atoms with Crippen LogP contribution in [0.2, 0.25) is 0 Å². The summed E-state index contributed by atoms with van der Waals surface area (Å²) in [7, 11) is 3.19. The summed E-state index contributed by atoms with van der Waals surface area (Å²) in [5, 5.41) is 12.6. The van der Waals surface area contributed by atoms with E-state index in [9.17, 15) is 9.90 Å². The lowest BCUT2D eigenvalue weighted by Gasteiger charge is -2.13. The van der Waals surface area contributed by atoms with Gasteiger partial charge in [0.15, 0.2) is 17.3 Å². The molecule has 4 heteroatoms. The van der Waals surface area contributed by atoms with Gasteiger partial charge in [-0.15, -0.1) is 0 Å². The number of carbonyl (C=O) groups is 1. The number of likely N-dealkylation sites (N-methyl/N-ethyl adjacent to an activating group) is 1. The van der Waals surface area contributed by atoms with Crippen molar-refractivity contribution in [3.8, 4) is 11.5 Å². The number of Topliss-reactive ketones (excluding diaryl/α,β-unsaturated/α-hetero) is 1. The fourth-order valence-electron chi connectivity index (χ4n) is 1.57. The summed E-state index contributed by atoms with van der Waals surface area (Å²) in [4.78, 5) is 11.8. The number of ketones is 1. The summed E-state index contributed by atoms with van der Waals surface area (Å²) in [5.74, 6) is 0.421. The molecule has 0 aromatic heterocycles. The lowest BCUT2D eigenvalue weighted by atomic mass is 9.98. The van der Waals surface area contributed by atoms with E-state index in [1.54, 1.807) is 20.0 Å². The second-order valence-electron chi connectivity index (χ2n) is 3.68. The summed E-state index contributed by atoms with van der Waals surface area (Å²) < 4.78 is 5.03. The minimum Gasteiger partial charge on any atom is -0.504 e. The molecule has 0 saturated carbocycles. The molecule has 1 aromatic carbocycles. The van der Waals surface area contributed by atoms with Gasteiger partial charge in [-0.3, -0.25) is 4.79 Å². The van der Waals surface area contributed by atoms with Crippen molar-refractivity contribution < 1.29 is 14.6 Å². The first kappa shape index (κ1) is 12.5. The van der Waals surface area contributed by atoms with Crippen LogP contribution >= 0.6 is 0 Å². The Balaban J connectivity index is 3.29. The van der Waals surface area contributed by atoms with E-state index in [-0.39, 0.29) is 18.1 Å². The van der Waals surface area contributed by atoms with E-state index in [2.05, 4.69) is 5.32 Å². The molecule has 0 aliphatic rings. The Hall–Kier alpha value is -1.55. The zero-order chi connectivity index (χ0) is 12.3. The Kier molecular flexibility index (Phi) is 3.90. The molecular formula is C12H17NO3. The molecule has 0 aliphatic heterocycles. The summed E-state index contributed by atoms with van der Waals surface area (Å²) in [6, 6.07) is 1.58. The molecular weight excluding hydrogens is 206 g/mol. The van der Waals surface area contributed by atoms with Gasteiger partial charge in [-0.25, -0.2) is 0 Å². The molecule has 16 heavy (non-hydrogen) atoms. The molecule has 0 unspecified atom stereocenters. The second kappa shape index (κ2) is 4.99. The minimum atomic E-state index is -0.0126. The highest BCUT2D eigenvalue weighted by molar-refractivity contribution is 6.00. The van der Waals surface area contributed by atoms with E-state index >= 15 is 0 Å². The number of phenols is 1. The van der Waals surface area contributed by atoms with Crippen molar-refractivity contribution in [3.05, 3.63) is 22.8 Å². The Bertz CT molecular complexity index is 413. The first-order valence-corrected chi connectivity index (χ1v) is 5.07. The van der Waals surface area contributed by atoms with Gasteiger partial charge in [0.1, 0.15) is 0 Å². The van der Waals surface area contributed by atoms with Crippen molar-refractivity contribution in [3.63, 3.8) is 0 Å². The number of phenolic OH excluding ortho intramolecular Hbond substituents is 1. The number of aromatic hydroxyl groups is 1. The molecule has 1 aromatic rings. The van der Waals surface area contributed by atoms with E-state index in [0.29, 0.717) is 16.9 Å². The van der Waals surface area contributed by atoms with Crippen LogP contribution in [0.4, 0.5) is 0 Å². The standard InChI is InChI=1S/C12H17NO3/c1-7-8(2)12(15)11(16-4)5-9(7)10(14)6-13-3/h5,13,15H,6H2,1-4H3. The van der Waals surface area contributed by atoms with E-state index in [0.717, 1.165) is 5.56 Å². The summed E-state index contributed by atoms with van der Waals surface area (Å²) in [6.07, 6.45) is 0. The monoisotopic (exact) mass is 223 g/mol. The predicted octanol–water partition coefficient (Wildman–Crippen LogP) is 1.42.